The molecule has 0 saturated heterocycles. The van der Waals surface area contributed by atoms with Crippen molar-refractivity contribution < 1.29 is 14.3 Å². The van der Waals surface area contributed by atoms with Gasteiger partial charge in [0.25, 0.3) is 5.91 Å². The van der Waals surface area contributed by atoms with Crippen LogP contribution in [0.4, 0.5) is 0 Å². The second kappa shape index (κ2) is 13.1. The van der Waals surface area contributed by atoms with E-state index in [1.165, 1.54) is 4.90 Å². The van der Waals surface area contributed by atoms with E-state index in [1.807, 2.05) is 73.7 Å². The van der Waals surface area contributed by atoms with Crippen LogP contribution in [-0.4, -0.2) is 23.3 Å². The quantitative estimate of drug-likeness (QED) is 0.239. The van der Waals surface area contributed by atoms with Crippen molar-refractivity contribution in [3.05, 3.63) is 135 Å². The fourth-order valence-corrected chi connectivity index (χ4v) is 4.31. The number of halogens is 2. The predicted octanol–water partition coefficient (Wildman–Crippen LogP) is 6.77. The van der Waals surface area contributed by atoms with Crippen LogP contribution in [0.2, 0.25) is 10.0 Å². The molecule has 0 radical (unpaired) electrons. The number of amides is 2. The number of hydrogen-bond acceptors (Lipinski definition) is 3. The third-order valence-corrected chi connectivity index (χ3v) is 6.60. The predicted molar refractivity (Wildman–Crippen MR) is 151 cm³/mol. The van der Waals surface area contributed by atoms with Gasteiger partial charge >= 0.3 is 0 Å². The van der Waals surface area contributed by atoms with E-state index in [1.54, 1.807) is 36.4 Å². The van der Waals surface area contributed by atoms with Crippen molar-refractivity contribution in [3.8, 4) is 5.75 Å². The zero-order chi connectivity index (χ0) is 26.9. The molecule has 0 spiro atoms. The molecular weight excluding hydrogens is 519 g/mol. The van der Waals surface area contributed by atoms with E-state index in [9.17, 15) is 9.59 Å². The number of nitrogens with zero attached hydrogens (tertiary/aromatic N) is 1. The highest BCUT2D eigenvalue weighted by atomic mass is 35.5. The SMILES string of the molecule is Cc1ccc(CNC(=O)[C@@H](c2ccccc2)N(Cc2ccc(Cl)cc2)C(=O)COc2ccccc2Cl)cc1. The Morgan fingerprint density at radius 2 is 1.45 bits per heavy atom. The first-order valence-electron chi connectivity index (χ1n) is 12.2. The van der Waals surface area contributed by atoms with Gasteiger partial charge in [0.1, 0.15) is 11.8 Å². The molecule has 38 heavy (non-hydrogen) atoms. The van der Waals surface area contributed by atoms with Gasteiger partial charge in [0.15, 0.2) is 6.61 Å². The molecule has 4 rings (SSSR count). The van der Waals surface area contributed by atoms with Crippen molar-refractivity contribution in [2.75, 3.05) is 6.61 Å². The minimum Gasteiger partial charge on any atom is -0.482 e. The van der Waals surface area contributed by atoms with Crippen LogP contribution in [0, 0.1) is 6.92 Å². The molecule has 1 atom stereocenters. The van der Waals surface area contributed by atoms with Crippen molar-refractivity contribution in [2.24, 2.45) is 0 Å². The van der Waals surface area contributed by atoms with E-state index in [4.69, 9.17) is 27.9 Å². The highest BCUT2D eigenvalue weighted by Gasteiger charge is 2.32. The van der Waals surface area contributed by atoms with Crippen molar-refractivity contribution in [1.82, 2.24) is 10.2 Å². The lowest BCUT2D eigenvalue weighted by Crippen LogP contribution is -2.45. The summed E-state index contributed by atoms with van der Waals surface area (Å²) in [6.45, 7) is 2.24. The van der Waals surface area contributed by atoms with Crippen LogP contribution in [0.1, 0.15) is 28.3 Å². The summed E-state index contributed by atoms with van der Waals surface area (Å²) in [5.41, 5.74) is 3.62. The number of carbonyl (C=O) groups is 2. The van der Waals surface area contributed by atoms with Gasteiger partial charge < -0.3 is 15.0 Å². The van der Waals surface area contributed by atoms with Gasteiger partial charge in [-0.1, -0.05) is 108 Å². The van der Waals surface area contributed by atoms with E-state index < -0.39 is 6.04 Å². The number of nitrogens with one attached hydrogen (secondary N) is 1. The van der Waals surface area contributed by atoms with Gasteiger partial charge in [-0.3, -0.25) is 9.59 Å². The van der Waals surface area contributed by atoms with Gasteiger partial charge in [-0.15, -0.1) is 0 Å². The zero-order valence-electron chi connectivity index (χ0n) is 20.9. The Kier molecular flexibility index (Phi) is 9.41. The van der Waals surface area contributed by atoms with Gasteiger partial charge in [-0.05, 0) is 47.9 Å². The van der Waals surface area contributed by atoms with Crippen LogP contribution in [-0.2, 0) is 22.7 Å². The summed E-state index contributed by atoms with van der Waals surface area (Å²) in [5, 5.41) is 4.00. The zero-order valence-corrected chi connectivity index (χ0v) is 22.5. The second-order valence-corrected chi connectivity index (χ2v) is 9.73. The van der Waals surface area contributed by atoms with Crippen LogP contribution in [0.25, 0.3) is 0 Å². The Labute approximate surface area is 233 Å². The summed E-state index contributed by atoms with van der Waals surface area (Å²) in [4.78, 5) is 28.9. The summed E-state index contributed by atoms with van der Waals surface area (Å²) in [5.74, 6) is -0.259. The normalized spacial score (nSPS) is 11.4. The Hall–Kier alpha value is -3.80. The van der Waals surface area contributed by atoms with Crippen LogP contribution in [0.3, 0.4) is 0 Å². The molecule has 7 heteroatoms. The van der Waals surface area contributed by atoms with Crippen molar-refractivity contribution >= 4 is 35.0 Å². The molecule has 0 aliphatic rings. The number of rotatable bonds is 10. The Balaban J connectivity index is 1.63. The lowest BCUT2D eigenvalue weighted by Gasteiger charge is -2.31. The van der Waals surface area contributed by atoms with E-state index >= 15 is 0 Å². The van der Waals surface area contributed by atoms with E-state index in [0.29, 0.717) is 27.9 Å². The fraction of sp³-hybridized carbons (Fsp3) is 0.161. The van der Waals surface area contributed by atoms with E-state index in [2.05, 4.69) is 5.32 Å². The first-order chi connectivity index (χ1) is 18.4. The first-order valence-corrected chi connectivity index (χ1v) is 13.0. The molecule has 4 aromatic rings. The molecule has 0 saturated carbocycles. The molecule has 2 amide bonds. The summed E-state index contributed by atoms with van der Waals surface area (Å²) >= 11 is 12.3. The number of para-hydroxylation sites is 1. The van der Waals surface area contributed by atoms with E-state index in [-0.39, 0.29) is 25.0 Å². The molecular formula is C31H28Cl2N2O3. The maximum atomic E-state index is 13.7. The summed E-state index contributed by atoms with van der Waals surface area (Å²) in [6.07, 6.45) is 0. The van der Waals surface area contributed by atoms with Crippen LogP contribution in [0.15, 0.2) is 103 Å². The minimum atomic E-state index is -0.889. The van der Waals surface area contributed by atoms with Crippen molar-refractivity contribution in [3.63, 3.8) is 0 Å². The molecule has 0 aromatic heterocycles. The molecule has 4 aromatic carbocycles. The molecule has 194 valence electrons. The molecule has 1 N–H and O–H groups in total. The maximum Gasteiger partial charge on any atom is 0.261 e. The molecule has 0 unspecified atom stereocenters. The number of carbonyl (C=O) groups excluding carboxylic acids is 2. The van der Waals surface area contributed by atoms with Crippen molar-refractivity contribution in [1.29, 1.82) is 0 Å². The Bertz CT molecular complexity index is 1360. The topological polar surface area (TPSA) is 58.6 Å². The van der Waals surface area contributed by atoms with Gasteiger partial charge in [0.05, 0.1) is 5.02 Å². The van der Waals surface area contributed by atoms with Gasteiger partial charge in [0, 0.05) is 18.1 Å². The Morgan fingerprint density at radius 3 is 2.13 bits per heavy atom. The molecule has 0 heterocycles. The highest BCUT2D eigenvalue weighted by Crippen LogP contribution is 2.27. The number of aryl methyl sites for hydroxylation is 1. The van der Waals surface area contributed by atoms with Gasteiger partial charge in [-0.25, -0.2) is 0 Å². The van der Waals surface area contributed by atoms with Crippen LogP contribution < -0.4 is 10.1 Å². The minimum absolute atomic E-state index is 0.180. The number of benzene rings is 4. The summed E-state index contributed by atoms with van der Waals surface area (Å²) in [6, 6.07) is 30.4. The molecule has 0 fully saturated rings. The number of hydrogen-bond donors (Lipinski definition) is 1. The standard InChI is InChI=1S/C31H28Cl2N2O3/c1-22-11-13-23(14-12-22)19-34-31(37)30(25-7-3-2-4-8-25)35(20-24-15-17-26(32)18-16-24)29(36)21-38-28-10-6-5-9-27(28)33/h2-18,30H,19-21H2,1H3,(H,34,37)/t30-/m1/s1. The first kappa shape index (κ1) is 27.2. The summed E-state index contributed by atoms with van der Waals surface area (Å²) in [7, 11) is 0. The third-order valence-electron chi connectivity index (χ3n) is 6.04. The highest BCUT2D eigenvalue weighted by molar-refractivity contribution is 6.32. The van der Waals surface area contributed by atoms with Gasteiger partial charge in [0.2, 0.25) is 5.91 Å². The number of ether oxygens (including phenoxy) is 1. The summed E-state index contributed by atoms with van der Waals surface area (Å²) < 4.78 is 5.77. The molecule has 0 aliphatic carbocycles. The maximum absolute atomic E-state index is 13.7. The van der Waals surface area contributed by atoms with Gasteiger partial charge in [-0.2, -0.15) is 0 Å². The van der Waals surface area contributed by atoms with E-state index in [0.717, 1.165) is 16.7 Å². The second-order valence-electron chi connectivity index (χ2n) is 8.88. The average molecular weight is 547 g/mol. The third kappa shape index (κ3) is 7.37. The molecule has 0 aliphatic heterocycles. The lowest BCUT2D eigenvalue weighted by molar-refractivity contribution is -0.143. The smallest absolute Gasteiger partial charge is 0.261 e. The van der Waals surface area contributed by atoms with Crippen molar-refractivity contribution in [2.45, 2.75) is 26.1 Å². The largest absolute Gasteiger partial charge is 0.482 e. The molecule has 0 bridgehead atoms. The average Bonchev–Trinajstić information content (AvgIpc) is 2.93. The molecule has 5 nitrogen and oxygen atoms in total. The van der Waals surface area contributed by atoms with Crippen LogP contribution >= 0.6 is 23.2 Å². The van der Waals surface area contributed by atoms with Crippen LogP contribution in [0.5, 0.6) is 5.75 Å². The monoisotopic (exact) mass is 546 g/mol. The Morgan fingerprint density at radius 1 is 0.816 bits per heavy atom. The lowest BCUT2D eigenvalue weighted by atomic mass is 10.0. The fourth-order valence-electron chi connectivity index (χ4n) is 3.99.